The Bertz CT molecular complexity index is 570. The smallest absolute Gasteiger partial charge is 0.349 e. The van der Waals surface area contributed by atoms with Crippen molar-refractivity contribution in [3.8, 4) is 0 Å². The summed E-state index contributed by atoms with van der Waals surface area (Å²) in [4.78, 5) is 13.5. The predicted octanol–water partition coefficient (Wildman–Crippen LogP) is 2.44. The van der Waals surface area contributed by atoms with E-state index >= 15 is 0 Å². The first kappa shape index (κ1) is 15.1. The first-order valence-corrected chi connectivity index (χ1v) is 7.20. The third-order valence-electron chi connectivity index (χ3n) is 4.45. The van der Waals surface area contributed by atoms with E-state index in [1.807, 2.05) is 0 Å². The second-order valence-corrected chi connectivity index (χ2v) is 5.95. The van der Waals surface area contributed by atoms with Gasteiger partial charge in [0.2, 0.25) is 5.91 Å². The molecule has 22 heavy (non-hydrogen) atoms. The van der Waals surface area contributed by atoms with Crippen molar-refractivity contribution in [2.24, 2.45) is 11.8 Å². The number of carbonyl (C=O) groups excluding carboxylic acids is 1. The molecule has 6 heteroatoms. The summed E-state index contributed by atoms with van der Waals surface area (Å²) < 4.78 is 37.5. The predicted molar refractivity (Wildman–Crippen MR) is 75.8 cm³/mol. The third-order valence-corrected chi connectivity index (χ3v) is 4.45. The normalized spacial score (nSPS) is 27.3. The number of nitrogens with zero attached hydrogens (tertiary/aromatic N) is 1. The van der Waals surface area contributed by atoms with E-state index in [1.165, 1.54) is 18.2 Å². The lowest BCUT2D eigenvalue weighted by Gasteiger charge is -2.20. The molecule has 1 aliphatic carbocycles. The minimum atomic E-state index is -4.29. The third kappa shape index (κ3) is 3.02. The molecule has 2 fully saturated rings. The molecule has 0 spiro atoms. The number of halogens is 3. The minimum absolute atomic E-state index is 0.145. The zero-order chi connectivity index (χ0) is 15.9. The van der Waals surface area contributed by atoms with Crippen LogP contribution < -0.4 is 5.32 Å². The zero-order valence-electron chi connectivity index (χ0n) is 11.9. The first-order valence-electron chi connectivity index (χ1n) is 7.20. The summed E-state index contributed by atoms with van der Waals surface area (Å²) in [6, 6.07) is 5.54. The van der Waals surface area contributed by atoms with Crippen LogP contribution in [0.5, 0.6) is 0 Å². The number of piperidine rings is 1. The Morgan fingerprint density at radius 2 is 1.86 bits per heavy atom. The summed E-state index contributed by atoms with van der Waals surface area (Å²) in [5.41, 5.74) is 0.258. The van der Waals surface area contributed by atoms with Gasteiger partial charge in [-0.2, -0.15) is 13.2 Å². The molecule has 1 saturated carbocycles. The Balaban J connectivity index is 1.51. The Labute approximate surface area is 126 Å². The number of rotatable bonds is 4. The number of hydrogen-bond donors (Lipinski definition) is 1. The highest BCUT2D eigenvalue weighted by Crippen LogP contribution is 2.45. The highest BCUT2D eigenvalue weighted by Gasteiger charge is 2.56. The van der Waals surface area contributed by atoms with Crippen molar-refractivity contribution in [2.45, 2.75) is 18.8 Å². The van der Waals surface area contributed by atoms with Gasteiger partial charge in [0.15, 0.2) is 0 Å². The maximum Gasteiger partial charge on any atom is 0.416 e. The number of carbonyl (C=O) groups is 1. The van der Waals surface area contributed by atoms with Crippen molar-refractivity contribution < 1.29 is 18.0 Å². The lowest BCUT2D eigenvalue weighted by atomic mass is 10.1. The van der Waals surface area contributed by atoms with Crippen molar-refractivity contribution in [1.29, 1.82) is 0 Å². The van der Waals surface area contributed by atoms with Crippen LogP contribution in [0.1, 0.15) is 11.1 Å². The fourth-order valence-electron chi connectivity index (χ4n) is 3.24. The average molecular weight is 310 g/mol. The Hall–Kier alpha value is -1.82. The fraction of sp³-hybridized carbons (Fsp3) is 0.438. The molecular formula is C16H17F3N2O. The van der Waals surface area contributed by atoms with E-state index in [1.54, 1.807) is 0 Å². The number of alkyl halides is 3. The van der Waals surface area contributed by atoms with Crippen LogP contribution in [0.2, 0.25) is 0 Å². The number of hydrogen-bond acceptors (Lipinski definition) is 2. The summed E-state index contributed by atoms with van der Waals surface area (Å²) in [5.74, 6) is 0.769. The van der Waals surface area contributed by atoms with E-state index in [9.17, 15) is 18.0 Å². The molecule has 1 N–H and O–H groups in total. The van der Waals surface area contributed by atoms with Crippen molar-refractivity contribution in [3.63, 3.8) is 0 Å². The van der Waals surface area contributed by atoms with Crippen LogP contribution in [0.15, 0.2) is 36.9 Å². The summed E-state index contributed by atoms with van der Waals surface area (Å²) in [5, 5.41) is 2.91. The molecule has 118 valence electrons. The number of nitrogens with one attached hydrogen (secondary N) is 1. The second-order valence-electron chi connectivity index (χ2n) is 5.95. The quantitative estimate of drug-likeness (QED) is 0.866. The molecule has 0 aromatic heterocycles. The molecule has 3 rings (SSSR count). The van der Waals surface area contributed by atoms with E-state index < -0.39 is 11.7 Å². The lowest BCUT2D eigenvalue weighted by molar-refractivity contribution is -0.137. The van der Waals surface area contributed by atoms with Gasteiger partial charge in [0.1, 0.15) is 0 Å². The molecule has 3 nitrogen and oxygen atoms in total. The van der Waals surface area contributed by atoms with E-state index in [0.717, 1.165) is 30.8 Å². The molecular weight excluding hydrogens is 293 g/mol. The standard InChI is InChI=1S/C16H17F3N2O/c1-2-14(22)20-15-12-8-21(9-13(12)15)7-10-3-5-11(6-4-10)16(17,18)19/h2-6,12-13,15H,1,7-9H2,(H,20,22)/t12-,13?,15?/m1/s1. The van der Waals surface area contributed by atoms with Crippen LogP contribution in [-0.4, -0.2) is 29.9 Å². The Morgan fingerprint density at radius 3 is 2.36 bits per heavy atom. The SMILES string of the molecule is C=CC(=O)NC1C2CN(Cc3ccc(C(F)(F)F)cc3)C[C@H]21. The lowest BCUT2D eigenvalue weighted by Crippen LogP contribution is -2.33. The Kier molecular flexibility index (Phi) is 3.72. The summed E-state index contributed by atoms with van der Waals surface area (Å²) >= 11 is 0. The zero-order valence-corrected chi connectivity index (χ0v) is 11.9. The van der Waals surface area contributed by atoms with Gasteiger partial charge in [-0.3, -0.25) is 9.69 Å². The van der Waals surface area contributed by atoms with Gasteiger partial charge in [0, 0.05) is 25.7 Å². The van der Waals surface area contributed by atoms with Gasteiger partial charge in [0.05, 0.1) is 5.56 Å². The van der Waals surface area contributed by atoms with Crippen LogP contribution in [0.4, 0.5) is 13.2 Å². The van der Waals surface area contributed by atoms with Crippen molar-refractivity contribution in [1.82, 2.24) is 10.2 Å². The highest BCUT2D eigenvalue weighted by atomic mass is 19.4. The summed E-state index contributed by atoms with van der Waals surface area (Å²) in [7, 11) is 0. The fourth-order valence-corrected chi connectivity index (χ4v) is 3.24. The molecule has 1 aliphatic heterocycles. The molecule has 1 aromatic carbocycles. The Morgan fingerprint density at radius 1 is 1.27 bits per heavy atom. The molecule has 1 saturated heterocycles. The summed E-state index contributed by atoms with van der Waals surface area (Å²) in [6.07, 6.45) is -3.02. The van der Waals surface area contributed by atoms with Crippen molar-refractivity contribution in [2.75, 3.05) is 13.1 Å². The van der Waals surface area contributed by atoms with Gasteiger partial charge in [-0.05, 0) is 35.6 Å². The average Bonchev–Trinajstić information content (AvgIpc) is 2.92. The largest absolute Gasteiger partial charge is 0.416 e. The molecule has 2 unspecified atom stereocenters. The number of amides is 1. The van der Waals surface area contributed by atoms with E-state index in [-0.39, 0.29) is 11.9 Å². The van der Waals surface area contributed by atoms with E-state index in [0.29, 0.717) is 18.4 Å². The first-order chi connectivity index (χ1) is 10.4. The molecule has 1 amide bonds. The topological polar surface area (TPSA) is 32.3 Å². The van der Waals surface area contributed by atoms with Crippen LogP contribution in [0.25, 0.3) is 0 Å². The molecule has 3 atom stereocenters. The van der Waals surface area contributed by atoms with Gasteiger partial charge in [0.25, 0.3) is 0 Å². The molecule has 0 bridgehead atoms. The van der Waals surface area contributed by atoms with Crippen LogP contribution >= 0.6 is 0 Å². The number of benzene rings is 1. The monoisotopic (exact) mass is 310 g/mol. The maximum absolute atomic E-state index is 12.5. The van der Waals surface area contributed by atoms with Crippen LogP contribution in [-0.2, 0) is 17.5 Å². The number of fused-ring (bicyclic) bond motifs is 1. The molecule has 2 aliphatic rings. The van der Waals surface area contributed by atoms with Gasteiger partial charge in [-0.25, -0.2) is 0 Å². The van der Waals surface area contributed by atoms with Crippen LogP contribution in [0, 0.1) is 11.8 Å². The molecule has 1 aromatic rings. The van der Waals surface area contributed by atoms with Gasteiger partial charge < -0.3 is 5.32 Å². The highest BCUT2D eigenvalue weighted by molar-refractivity contribution is 5.87. The minimum Gasteiger partial charge on any atom is -0.349 e. The van der Waals surface area contributed by atoms with Gasteiger partial charge in [-0.1, -0.05) is 18.7 Å². The summed E-state index contributed by atoms with van der Waals surface area (Å²) in [6.45, 7) is 5.81. The van der Waals surface area contributed by atoms with E-state index in [2.05, 4.69) is 16.8 Å². The van der Waals surface area contributed by atoms with Crippen molar-refractivity contribution >= 4 is 5.91 Å². The van der Waals surface area contributed by atoms with Crippen LogP contribution in [0.3, 0.4) is 0 Å². The van der Waals surface area contributed by atoms with Crippen molar-refractivity contribution in [3.05, 3.63) is 48.0 Å². The second kappa shape index (κ2) is 5.43. The molecule has 0 radical (unpaired) electrons. The van der Waals surface area contributed by atoms with Gasteiger partial charge >= 0.3 is 6.18 Å². The van der Waals surface area contributed by atoms with E-state index in [4.69, 9.17) is 0 Å². The maximum atomic E-state index is 12.5. The molecule has 1 heterocycles. The number of likely N-dealkylation sites (tertiary alicyclic amines) is 1. The van der Waals surface area contributed by atoms with Gasteiger partial charge in [-0.15, -0.1) is 0 Å².